The van der Waals surface area contributed by atoms with Crippen LogP contribution >= 0.6 is 0 Å². The van der Waals surface area contributed by atoms with E-state index < -0.39 is 5.97 Å². The van der Waals surface area contributed by atoms with Crippen LogP contribution in [-0.2, 0) is 9.59 Å². The van der Waals surface area contributed by atoms with Crippen molar-refractivity contribution < 1.29 is 14.7 Å². The number of hydrogen-bond acceptors (Lipinski definition) is 3. The lowest BCUT2D eigenvalue weighted by atomic mass is 9.97. The molecule has 1 rings (SSSR count). The highest BCUT2D eigenvalue weighted by atomic mass is 16.4. The average Bonchev–Trinajstić information content (AvgIpc) is 2.47. The monoisotopic (exact) mass is 326 g/mol. The average molecular weight is 326 g/mol. The summed E-state index contributed by atoms with van der Waals surface area (Å²) in [4.78, 5) is 27.7. The smallest absolute Gasteiger partial charge is 0.306 e. The number of carbonyl (C=O) groups is 2. The molecule has 0 aromatic carbocycles. The van der Waals surface area contributed by atoms with Crippen LogP contribution in [0.1, 0.15) is 53.4 Å². The van der Waals surface area contributed by atoms with Crippen molar-refractivity contribution in [2.45, 2.75) is 53.4 Å². The summed E-state index contributed by atoms with van der Waals surface area (Å²) < 4.78 is 0. The molecular formula is C18H34N2O3. The molecule has 0 radical (unpaired) electrons. The van der Waals surface area contributed by atoms with Gasteiger partial charge in [0.05, 0.1) is 12.5 Å². The summed E-state index contributed by atoms with van der Waals surface area (Å²) in [6.45, 7) is 12.2. The van der Waals surface area contributed by atoms with E-state index in [2.05, 4.69) is 32.6 Å². The third-order valence-electron chi connectivity index (χ3n) is 4.60. The Morgan fingerprint density at radius 3 is 1.91 bits per heavy atom. The van der Waals surface area contributed by atoms with Gasteiger partial charge in [0.25, 0.3) is 0 Å². The lowest BCUT2D eigenvalue weighted by Gasteiger charge is -2.32. The van der Waals surface area contributed by atoms with Gasteiger partial charge in [0.2, 0.25) is 5.91 Å². The van der Waals surface area contributed by atoms with E-state index >= 15 is 0 Å². The number of carboxylic acids is 1. The first-order valence-electron chi connectivity index (χ1n) is 9.02. The summed E-state index contributed by atoms with van der Waals surface area (Å²) in [5.41, 5.74) is 0. The van der Waals surface area contributed by atoms with Gasteiger partial charge in [-0.3, -0.25) is 14.5 Å². The Balaban J connectivity index is 2.47. The Morgan fingerprint density at radius 1 is 1.04 bits per heavy atom. The molecule has 0 bridgehead atoms. The second kappa shape index (κ2) is 9.91. The van der Waals surface area contributed by atoms with Crippen molar-refractivity contribution in [2.75, 3.05) is 32.7 Å². The fourth-order valence-electron chi connectivity index (χ4n) is 2.82. The minimum absolute atomic E-state index is 0.195. The van der Waals surface area contributed by atoms with Crippen molar-refractivity contribution in [2.24, 2.45) is 17.8 Å². The number of carboxylic acid groups (broad SMARTS) is 1. The van der Waals surface area contributed by atoms with E-state index in [9.17, 15) is 9.59 Å². The first-order chi connectivity index (χ1) is 10.8. The molecule has 0 unspecified atom stereocenters. The molecule has 1 aliphatic rings. The molecule has 1 amide bonds. The van der Waals surface area contributed by atoms with Gasteiger partial charge in [-0.05, 0) is 50.6 Å². The van der Waals surface area contributed by atoms with Gasteiger partial charge in [-0.25, -0.2) is 0 Å². The Morgan fingerprint density at radius 2 is 1.52 bits per heavy atom. The summed E-state index contributed by atoms with van der Waals surface area (Å²) >= 11 is 0. The maximum absolute atomic E-state index is 12.6. The van der Waals surface area contributed by atoms with Crippen molar-refractivity contribution in [3.05, 3.63) is 0 Å². The minimum atomic E-state index is -0.702. The third kappa shape index (κ3) is 7.82. The molecule has 0 aromatic rings. The SMILES string of the molecule is CC(C)CCN(CCC(C)C)C(=O)CN1CCC(C(=O)O)CC1. The Hall–Kier alpha value is -1.10. The van der Waals surface area contributed by atoms with Gasteiger partial charge in [-0.1, -0.05) is 27.7 Å². The van der Waals surface area contributed by atoms with Crippen molar-refractivity contribution in [3.63, 3.8) is 0 Å². The molecule has 5 nitrogen and oxygen atoms in total. The van der Waals surface area contributed by atoms with E-state index in [-0.39, 0.29) is 11.8 Å². The second-order valence-corrected chi connectivity index (χ2v) is 7.63. The number of aliphatic carboxylic acids is 1. The molecular weight excluding hydrogens is 292 g/mol. The molecule has 0 spiro atoms. The quantitative estimate of drug-likeness (QED) is 0.708. The molecule has 1 heterocycles. The predicted molar refractivity (Wildman–Crippen MR) is 92.3 cm³/mol. The van der Waals surface area contributed by atoms with Crippen LogP contribution in [0.2, 0.25) is 0 Å². The molecule has 1 N–H and O–H groups in total. The molecule has 0 saturated carbocycles. The second-order valence-electron chi connectivity index (χ2n) is 7.63. The van der Waals surface area contributed by atoms with Gasteiger partial charge in [-0.15, -0.1) is 0 Å². The number of rotatable bonds is 9. The molecule has 23 heavy (non-hydrogen) atoms. The first-order valence-corrected chi connectivity index (χ1v) is 9.02. The summed E-state index contributed by atoms with van der Waals surface area (Å²) in [6.07, 6.45) is 3.37. The summed E-state index contributed by atoms with van der Waals surface area (Å²) in [6, 6.07) is 0. The van der Waals surface area contributed by atoms with Crippen molar-refractivity contribution in [1.82, 2.24) is 9.80 Å². The standard InChI is InChI=1S/C18H34N2O3/c1-14(2)5-11-20(12-6-15(3)4)17(21)13-19-9-7-16(8-10-19)18(22)23/h14-16H,5-13H2,1-4H3,(H,22,23). The number of amides is 1. The summed E-state index contributed by atoms with van der Waals surface area (Å²) in [5.74, 6) is 0.442. The van der Waals surface area contributed by atoms with Crippen LogP contribution < -0.4 is 0 Å². The maximum Gasteiger partial charge on any atom is 0.306 e. The van der Waals surface area contributed by atoms with Gasteiger partial charge in [0, 0.05) is 13.1 Å². The van der Waals surface area contributed by atoms with E-state index in [0.29, 0.717) is 44.3 Å². The topological polar surface area (TPSA) is 60.9 Å². The first kappa shape index (κ1) is 19.9. The van der Waals surface area contributed by atoms with E-state index in [1.54, 1.807) is 0 Å². The normalized spacial score (nSPS) is 17.0. The van der Waals surface area contributed by atoms with Crippen LogP contribution in [0.25, 0.3) is 0 Å². The van der Waals surface area contributed by atoms with E-state index in [0.717, 1.165) is 25.9 Å². The molecule has 0 aliphatic carbocycles. The lowest BCUT2D eigenvalue weighted by Crippen LogP contribution is -2.45. The highest BCUT2D eigenvalue weighted by molar-refractivity contribution is 5.78. The zero-order valence-corrected chi connectivity index (χ0v) is 15.3. The highest BCUT2D eigenvalue weighted by Crippen LogP contribution is 2.17. The largest absolute Gasteiger partial charge is 0.481 e. The molecule has 1 aliphatic heterocycles. The van der Waals surface area contributed by atoms with Crippen LogP contribution in [0.15, 0.2) is 0 Å². The molecule has 0 atom stereocenters. The van der Waals surface area contributed by atoms with Crippen LogP contribution in [0, 0.1) is 17.8 Å². The van der Waals surface area contributed by atoms with Gasteiger partial charge >= 0.3 is 5.97 Å². The molecule has 0 aromatic heterocycles. The van der Waals surface area contributed by atoms with E-state index in [1.165, 1.54) is 0 Å². The lowest BCUT2D eigenvalue weighted by molar-refractivity contribution is -0.143. The van der Waals surface area contributed by atoms with Crippen molar-refractivity contribution in [1.29, 1.82) is 0 Å². The maximum atomic E-state index is 12.6. The van der Waals surface area contributed by atoms with Crippen LogP contribution in [0.4, 0.5) is 0 Å². The highest BCUT2D eigenvalue weighted by Gasteiger charge is 2.26. The van der Waals surface area contributed by atoms with Crippen LogP contribution in [0.5, 0.6) is 0 Å². The van der Waals surface area contributed by atoms with E-state index in [1.807, 2.05) is 4.90 Å². The number of piperidine rings is 1. The minimum Gasteiger partial charge on any atom is -0.481 e. The fourth-order valence-corrected chi connectivity index (χ4v) is 2.82. The van der Waals surface area contributed by atoms with Crippen molar-refractivity contribution >= 4 is 11.9 Å². The Kier molecular flexibility index (Phi) is 8.59. The Labute approximate surface area is 141 Å². The van der Waals surface area contributed by atoms with Gasteiger partial charge in [0.1, 0.15) is 0 Å². The number of likely N-dealkylation sites (tertiary alicyclic amines) is 1. The van der Waals surface area contributed by atoms with Crippen LogP contribution in [0.3, 0.4) is 0 Å². The summed E-state index contributed by atoms with van der Waals surface area (Å²) in [7, 11) is 0. The molecule has 134 valence electrons. The van der Waals surface area contributed by atoms with Gasteiger partial charge < -0.3 is 10.0 Å². The van der Waals surface area contributed by atoms with Gasteiger partial charge in [-0.2, -0.15) is 0 Å². The third-order valence-corrected chi connectivity index (χ3v) is 4.60. The predicted octanol–water partition coefficient (Wildman–Crippen LogP) is 2.70. The molecule has 1 fully saturated rings. The van der Waals surface area contributed by atoms with Gasteiger partial charge in [0.15, 0.2) is 0 Å². The molecule has 5 heteroatoms. The number of hydrogen-bond donors (Lipinski definition) is 1. The summed E-state index contributed by atoms with van der Waals surface area (Å²) in [5, 5.41) is 9.04. The van der Waals surface area contributed by atoms with Crippen LogP contribution in [-0.4, -0.2) is 59.5 Å². The number of carbonyl (C=O) groups excluding carboxylic acids is 1. The number of nitrogens with zero attached hydrogens (tertiary/aromatic N) is 2. The zero-order valence-electron chi connectivity index (χ0n) is 15.3. The Bertz CT molecular complexity index is 362. The zero-order chi connectivity index (χ0) is 17.4. The fraction of sp³-hybridized carbons (Fsp3) is 0.889. The van der Waals surface area contributed by atoms with E-state index in [4.69, 9.17) is 5.11 Å². The van der Waals surface area contributed by atoms with Crippen molar-refractivity contribution in [3.8, 4) is 0 Å². The molecule has 1 saturated heterocycles.